The predicted octanol–water partition coefficient (Wildman–Crippen LogP) is -2.83. The third-order valence-corrected chi connectivity index (χ3v) is 1.19. The Morgan fingerprint density at radius 2 is 2.17 bits per heavy atom. The van der Waals surface area contributed by atoms with Crippen LogP contribution in [0.25, 0.3) is 0 Å². The first-order chi connectivity index (χ1) is 5.66. The molecule has 0 aromatic rings. The molecule has 6 heteroatoms. The van der Waals surface area contributed by atoms with Gasteiger partial charge in [0.25, 0.3) is 0 Å². The van der Waals surface area contributed by atoms with Gasteiger partial charge in [-0.2, -0.15) is 0 Å². The van der Waals surface area contributed by atoms with Crippen LogP contribution in [0.4, 0.5) is 0 Å². The van der Waals surface area contributed by atoms with E-state index in [4.69, 9.17) is 17.2 Å². The van der Waals surface area contributed by atoms with Gasteiger partial charge in [0.05, 0.1) is 12.6 Å². The Bertz CT molecular complexity index is 134. The fraction of sp³-hybridized carbons (Fsp3) is 0.833. The van der Waals surface area contributed by atoms with E-state index in [0.29, 0.717) is 19.6 Å². The second-order valence-corrected chi connectivity index (χ2v) is 2.41. The minimum absolute atomic E-state index is 0.00660. The van der Waals surface area contributed by atoms with Crippen LogP contribution in [0.15, 0.2) is 4.99 Å². The molecule has 12 heavy (non-hydrogen) atoms. The quantitative estimate of drug-likeness (QED) is 0.169. The molecule has 8 N–H and O–H groups in total. The van der Waals surface area contributed by atoms with Crippen LogP contribution in [0.1, 0.15) is 0 Å². The van der Waals surface area contributed by atoms with Gasteiger partial charge in [-0.1, -0.05) is 0 Å². The molecule has 0 amide bonds. The van der Waals surface area contributed by atoms with E-state index in [-0.39, 0.29) is 12.5 Å². The maximum atomic E-state index is 9.20. The van der Waals surface area contributed by atoms with E-state index in [1.54, 1.807) is 0 Å². The lowest BCUT2D eigenvalue weighted by atomic mass is 10.3. The molecule has 0 saturated heterocycles. The molecule has 0 aliphatic rings. The number of nitrogens with zero attached hydrogens (tertiary/aromatic N) is 1. The third-order valence-electron chi connectivity index (χ3n) is 1.19. The van der Waals surface area contributed by atoms with Crippen molar-refractivity contribution in [3.63, 3.8) is 0 Å². The molecule has 0 spiro atoms. The number of hydrogen-bond donors (Lipinski definition) is 5. The first-order valence-corrected chi connectivity index (χ1v) is 3.81. The molecule has 0 saturated carbocycles. The molecule has 0 aliphatic carbocycles. The van der Waals surface area contributed by atoms with Crippen molar-refractivity contribution >= 4 is 5.96 Å². The molecule has 0 aromatic carbocycles. The smallest absolute Gasteiger partial charge is 0.185 e. The Morgan fingerprint density at radius 1 is 1.50 bits per heavy atom. The molecule has 0 rings (SSSR count). The maximum absolute atomic E-state index is 9.20. The highest BCUT2D eigenvalue weighted by Gasteiger charge is 2.00. The van der Waals surface area contributed by atoms with Gasteiger partial charge in [-0.25, -0.2) is 0 Å². The van der Waals surface area contributed by atoms with Gasteiger partial charge < -0.3 is 27.6 Å². The highest BCUT2D eigenvalue weighted by Crippen LogP contribution is 1.80. The molecular weight excluding hydrogens is 158 g/mol. The molecule has 0 aliphatic heterocycles. The highest BCUT2D eigenvalue weighted by atomic mass is 16.3. The van der Waals surface area contributed by atoms with E-state index in [2.05, 4.69) is 10.3 Å². The van der Waals surface area contributed by atoms with Crippen molar-refractivity contribution < 1.29 is 5.11 Å². The Kier molecular flexibility index (Phi) is 6.35. The van der Waals surface area contributed by atoms with Gasteiger partial charge in [0.1, 0.15) is 0 Å². The lowest BCUT2D eigenvalue weighted by molar-refractivity contribution is 0.180. The Morgan fingerprint density at radius 3 is 2.67 bits per heavy atom. The zero-order chi connectivity index (χ0) is 9.40. The van der Waals surface area contributed by atoms with Crippen LogP contribution in [0.2, 0.25) is 0 Å². The van der Waals surface area contributed by atoms with Crippen LogP contribution in [0, 0.1) is 0 Å². The van der Waals surface area contributed by atoms with E-state index in [9.17, 15) is 5.11 Å². The van der Waals surface area contributed by atoms with E-state index in [1.807, 2.05) is 0 Å². The highest BCUT2D eigenvalue weighted by molar-refractivity contribution is 5.75. The summed E-state index contributed by atoms with van der Waals surface area (Å²) >= 11 is 0. The minimum atomic E-state index is -0.557. The Balaban J connectivity index is 3.33. The first-order valence-electron chi connectivity index (χ1n) is 3.81. The maximum Gasteiger partial charge on any atom is 0.185 e. The molecule has 72 valence electrons. The van der Waals surface area contributed by atoms with E-state index < -0.39 is 6.10 Å². The number of hydrogen-bond acceptors (Lipinski definition) is 4. The average Bonchev–Trinajstić information content (AvgIpc) is 2.01. The molecule has 0 fully saturated rings. The fourth-order valence-electron chi connectivity index (χ4n) is 0.646. The fourth-order valence-corrected chi connectivity index (χ4v) is 0.646. The minimum Gasteiger partial charge on any atom is -0.390 e. The first kappa shape index (κ1) is 11.2. The molecule has 0 aromatic heterocycles. The molecule has 0 heterocycles. The summed E-state index contributed by atoms with van der Waals surface area (Å²) in [5.74, 6) is -0.00660. The van der Waals surface area contributed by atoms with Gasteiger partial charge in [-0.05, 0) is 0 Å². The number of nitrogens with two attached hydrogens (primary N) is 3. The summed E-state index contributed by atoms with van der Waals surface area (Å²) in [7, 11) is 0. The summed E-state index contributed by atoms with van der Waals surface area (Å²) in [6.45, 7) is 1.90. The Hall–Kier alpha value is -0.850. The van der Waals surface area contributed by atoms with Crippen molar-refractivity contribution in [2.75, 3.05) is 26.2 Å². The average molecular weight is 175 g/mol. The Labute approximate surface area is 71.8 Å². The second-order valence-electron chi connectivity index (χ2n) is 2.41. The van der Waals surface area contributed by atoms with Crippen LogP contribution in [-0.4, -0.2) is 43.3 Å². The summed E-state index contributed by atoms with van der Waals surface area (Å²) in [5, 5.41) is 12.1. The number of guanidine groups is 1. The van der Waals surface area contributed by atoms with Crippen LogP contribution in [0.5, 0.6) is 0 Å². The van der Waals surface area contributed by atoms with Gasteiger partial charge >= 0.3 is 0 Å². The zero-order valence-electron chi connectivity index (χ0n) is 7.03. The van der Waals surface area contributed by atoms with Crippen LogP contribution in [0.3, 0.4) is 0 Å². The summed E-state index contributed by atoms with van der Waals surface area (Å²) < 4.78 is 0. The monoisotopic (exact) mass is 175 g/mol. The summed E-state index contributed by atoms with van der Waals surface area (Å²) in [5.41, 5.74) is 15.4. The van der Waals surface area contributed by atoms with E-state index in [1.165, 1.54) is 0 Å². The standard InChI is InChI=1S/C6H17N5O/c7-1-2-10-3-5(12)4-11-6(8)9/h5,10,12H,1-4,7H2,(H4,8,9,11). The van der Waals surface area contributed by atoms with Crippen molar-refractivity contribution in [2.45, 2.75) is 6.10 Å². The molecule has 1 unspecified atom stereocenters. The SMILES string of the molecule is NCCNCC(O)CN=C(N)N. The summed E-state index contributed by atoms with van der Waals surface area (Å²) in [4.78, 5) is 3.65. The number of aliphatic hydroxyl groups excluding tert-OH is 1. The van der Waals surface area contributed by atoms with E-state index >= 15 is 0 Å². The molecule has 1 atom stereocenters. The van der Waals surface area contributed by atoms with Crippen molar-refractivity contribution in [1.82, 2.24) is 5.32 Å². The lowest BCUT2D eigenvalue weighted by Crippen LogP contribution is -2.33. The second kappa shape index (κ2) is 6.84. The molecule has 6 nitrogen and oxygen atoms in total. The van der Waals surface area contributed by atoms with Gasteiger partial charge in [-0.3, -0.25) is 4.99 Å². The number of aliphatic hydroxyl groups is 1. The lowest BCUT2D eigenvalue weighted by Gasteiger charge is -2.08. The van der Waals surface area contributed by atoms with Crippen LogP contribution in [-0.2, 0) is 0 Å². The van der Waals surface area contributed by atoms with Crippen LogP contribution < -0.4 is 22.5 Å². The molecule has 0 radical (unpaired) electrons. The van der Waals surface area contributed by atoms with Crippen molar-refractivity contribution in [3.05, 3.63) is 0 Å². The van der Waals surface area contributed by atoms with Gasteiger partial charge in [-0.15, -0.1) is 0 Å². The van der Waals surface area contributed by atoms with E-state index in [0.717, 1.165) is 0 Å². The van der Waals surface area contributed by atoms with Gasteiger partial charge in [0, 0.05) is 19.6 Å². The predicted molar refractivity (Wildman–Crippen MR) is 48.6 cm³/mol. The molecular formula is C6H17N5O. The largest absolute Gasteiger partial charge is 0.390 e. The number of rotatable bonds is 6. The topological polar surface area (TPSA) is 123 Å². The van der Waals surface area contributed by atoms with Gasteiger partial charge in [0.2, 0.25) is 0 Å². The summed E-state index contributed by atoms with van der Waals surface area (Å²) in [6.07, 6.45) is -0.557. The van der Waals surface area contributed by atoms with Crippen molar-refractivity contribution in [3.8, 4) is 0 Å². The zero-order valence-corrected chi connectivity index (χ0v) is 7.03. The van der Waals surface area contributed by atoms with Crippen molar-refractivity contribution in [2.24, 2.45) is 22.2 Å². The van der Waals surface area contributed by atoms with Crippen molar-refractivity contribution in [1.29, 1.82) is 0 Å². The van der Waals surface area contributed by atoms with Gasteiger partial charge in [0.15, 0.2) is 5.96 Å². The number of aliphatic imine (C=N–C) groups is 1. The van der Waals surface area contributed by atoms with Crippen LogP contribution >= 0.6 is 0 Å². The molecule has 0 bridgehead atoms. The normalized spacial score (nSPS) is 12.5. The summed E-state index contributed by atoms with van der Waals surface area (Å²) in [6, 6.07) is 0. The number of nitrogens with one attached hydrogen (secondary N) is 1. The third kappa shape index (κ3) is 7.26.